The van der Waals surface area contributed by atoms with E-state index < -0.39 is 118 Å². The molecule has 0 spiro atoms. The van der Waals surface area contributed by atoms with Crippen molar-refractivity contribution in [3.8, 4) is 11.5 Å². The van der Waals surface area contributed by atoms with Gasteiger partial charge in [0.05, 0.1) is 19.7 Å². The molecule has 168 valence electrons. The molecule has 2 aliphatic heterocycles. The van der Waals surface area contributed by atoms with E-state index in [0.717, 1.165) is 14.2 Å². The Morgan fingerprint density at radius 2 is 2.17 bits per heavy atom. The quantitative estimate of drug-likeness (QED) is 0.654. The molecule has 0 aliphatic carbocycles. The monoisotopic (exact) mass is 440 g/mol. The van der Waals surface area contributed by atoms with Gasteiger partial charge in [0, 0.05) is 56.0 Å². The zero-order valence-electron chi connectivity index (χ0n) is 38.6. The molecule has 0 aromatic heterocycles. The van der Waals surface area contributed by atoms with Gasteiger partial charge in [-0.15, -0.1) is 0 Å². The molecule has 5 atom stereocenters. The molecule has 0 bridgehead atoms. The Hall–Kier alpha value is -1.79. The number of piperidine rings is 1. The van der Waals surface area contributed by atoms with Gasteiger partial charge in [0.2, 0.25) is 0 Å². The second kappa shape index (κ2) is 9.56. The van der Waals surface area contributed by atoms with Crippen molar-refractivity contribution >= 4 is 5.97 Å². The number of ether oxygens (including phenoxy) is 3. The van der Waals surface area contributed by atoms with E-state index >= 15 is 0 Å². The van der Waals surface area contributed by atoms with Crippen LogP contribution in [0.5, 0.6) is 11.5 Å². The Labute approximate surface area is 211 Å². The summed E-state index contributed by atoms with van der Waals surface area (Å²) in [7, 11) is 2.16. The smallest absolute Gasteiger partial charge is 0.323 e. The highest BCUT2D eigenvalue weighted by Crippen LogP contribution is 2.44. The largest absolute Gasteiger partial charge is 0.493 e. The second-order valence-electron chi connectivity index (χ2n) is 6.44. The van der Waals surface area contributed by atoms with Crippen LogP contribution in [0.3, 0.4) is 0 Å². The number of rotatable bonds is 7. The molecule has 1 saturated heterocycles. The van der Waals surface area contributed by atoms with E-state index in [1.54, 1.807) is 0 Å². The maximum atomic E-state index is 13.9. The molecule has 0 saturated carbocycles. The summed E-state index contributed by atoms with van der Waals surface area (Å²) in [5.41, 5.74) is 4.81. The lowest BCUT2D eigenvalue weighted by molar-refractivity contribution is -0.160. The zero-order chi connectivity index (χ0) is 41.2. The number of nitrogens with two attached hydrogens (primary N) is 1. The highest BCUT2D eigenvalue weighted by molar-refractivity contribution is 5.76. The third-order valence-corrected chi connectivity index (χ3v) is 4.39. The number of esters is 1. The minimum absolute atomic E-state index is 0.200. The number of carbonyl (C=O) groups excluding carboxylic acids is 1. The highest BCUT2D eigenvalue weighted by Gasteiger charge is 2.41. The van der Waals surface area contributed by atoms with Crippen molar-refractivity contribution in [2.75, 3.05) is 27.3 Å². The van der Waals surface area contributed by atoms with Gasteiger partial charge >= 0.3 is 5.97 Å². The average Bonchev–Trinajstić information content (AvgIpc) is 2.97. The van der Waals surface area contributed by atoms with Crippen molar-refractivity contribution in [2.45, 2.75) is 64.8 Å². The zero-order valence-corrected chi connectivity index (χ0v) is 16.6. The number of hydrogen-bond acceptors (Lipinski definition) is 6. The topological polar surface area (TPSA) is 74.0 Å². The summed E-state index contributed by atoms with van der Waals surface area (Å²) in [5.74, 6) is -16.1. The normalized spacial score (nSPS) is 49.0. The summed E-state index contributed by atoms with van der Waals surface area (Å²) in [6.45, 7) is -16.4. The minimum Gasteiger partial charge on any atom is -0.493 e. The van der Waals surface area contributed by atoms with E-state index in [1.165, 1.54) is 0 Å². The van der Waals surface area contributed by atoms with E-state index in [9.17, 15) is 13.0 Å². The van der Waals surface area contributed by atoms with Crippen molar-refractivity contribution in [3.05, 3.63) is 23.2 Å². The molecular formula is C24H38N2O4. The van der Waals surface area contributed by atoms with Crippen LogP contribution in [0.15, 0.2) is 12.1 Å². The lowest BCUT2D eigenvalue weighted by Crippen LogP contribution is -2.51. The second-order valence-corrected chi connectivity index (χ2v) is 6.44. The molecular weight excluding hydrogens is 380 g/mol. The summed E-state index contributed by atoms with van der Waals surface area (Å²) < 4.78 is 202. The van der Waals surface area contributed by atoms with Gasteiger partial charge in [-0.1, -0.05) is 27.5 Å². The van der Waals surface area contributed by atoms with Gasteiger partial charge in [-0.3, -0.25) is 9.69 Å². The van der Waals surface area contributed by atoms with Crippen molar-refractivity contribution in [3.63, 3.8) is 0 Å². The predicted octanol–water partition coefficient (Wildman–Crippen LogP) is 3.56. The van der Waals surface area contributed by atoms with Crippen molar-refractivity contribution in [1.82, 2.24) is 4.90 Å². The predicted molar refractivity (Wildman–Crippen MR) is 118 cm³/mol. The van der Waals surface area contributed by atoms with Gasteiger partial charge < -0.3 is 19.9 Å². The van der Waals surface area contributed by atoms with Crippen LogP contribution in [0.2, 0.25) is 0 Å². The number of carbonyl (C=O) groups is 1. The van der Waals surface area contributed by atoms with Crippen molar-refractivity contribution in [1.29, 1.82) is 0 Å². The van der Waals surface area contributed by atoms with Gasteiger partial charge in [0.15, 0.2) is 11.5 Å². The molecule has 6 heteroatoms. The number of methoxy groups -OCH3 is 2. The maximum Gasteiger partial charge on any atom is 0.323 e. The number of benzene rings is 1. The summed E-state index contributed by atoms with van der Waals surface area (Å²) in [6.07, 6.45) is -13.4. The van der Waals surface area contributed by atoms with E-state index in [2.05, 4.69) is 0 Å². The first kappa shape index (κ1) is 7.66. The average molecular weight is 441 g/mol. The lowest BCUT2D eigenvalue weighted by atomic mass is 9.79. The number of nitrogens with zero attached hydrogens (tertiary/aromatic N) is 1. The first-order valence-electron chi connectivity index (χ1n) is 19.9. The molecule has 1 aromatic rings. The van der Waals surface area contributed by atoms with E-state index in [0.29, 0.717) is 11.8 Å². The Bertz CT molecular complexity index is 1590. The molecule has 2 aliphatic rings. The highest BCUT2D eigenvalue weighted by atomic mass is 16.5. The van der Waals surface area contributed by atoms with Crippen LogP contribution >= 0.6 is 0 Å². The fraction of sp³-hybridized carbons (Fsp3) is 0.708. The third-order valence-electron chi connectivity index (χ3n) is 4.39. The molecule has 0 radical (unpaired) electrons. The van der Waals surface area contributed by atoms with Crippen LogP contribution in [0.25, 0.3) is 0 Å². The Morgan fingerprint density at radius 1 is 1.43 bits per heavy atom. The van der Waals surface area contributed by atoms with Crippen LogP contribution in [0.4, 0.5) is 0 Å². The minimum atomic E-state index is -4.61. The fourth-order valence-electron chi connectivity index (χ4n) is 3.01. The van der Waals surface area contributed by atoms with Crippen LogP contribution in [0.1, 0.15) is 87.6 Å². The summed E-state index contributed by atoms with van der Waals surface area (Å²) in [4.78, 5) is 14.3. The summed E-state index contributed by atoms with van der Waals surface area (Å²) >= 11 is 0. The summed E-state index contributed by atoms with van der Waals surface area (Å²) in [5, 5.41) is 0. The fourth-order valence-corrected chi connectivity index (χ4v) is 3.01. The maximum absolute atomic E-state index is 13.9. The molecule has 2 N–H and O–H groups in total. The Kier molecular flexibility index (Phi) is 2.44. The van der Waals surface area contributed by atoms with Gasteiger partial charge in [-0.05, 0) is 47.8 Å². The molecule has 1 fully saturated rings. The number of fused-ring (bicyclic) bond motifs is 3. The molecule has 4 unspecified atom stereocenters. The van der Waals surface area contributed by atoms with Crippen LogP contribution in [-0.4, -0.2) is 50.2 Å². The van der Waals surface area contributed by atoms with Crippen molar-refractivity contribution in [2.24, 2.45) is 23.4 Å². The molecule has 0 amide bonds. The first-order valence-corrected chi connectivity index (χ1v) is 8.85. The van der Waals surface area contributed by atoms with E-state index in [1.807, 2.05) is 0 Å². The van der Waals surface area contributed by atoms with Crippen LogP contribution < -0.4 is 15.2 Å². The third kappa shape index (κ3) is 4.75. The van der Waals surface area contributed by atoms with Gasteiger partial charge in [-0.25, -0.2) is 0 Å². The SMILES string of the molecule is [2H]c1c2c(c([2H])c(OC)c1OC)C1N(CC2)C([2H])([2H])C([2H])(C([2H])([2H])C([2H])(C)C([2H])([2H])[2H])C([2H])(OC(=O)[C@@]([2H])(N)C([2H])(C([2H])([2H])[2H])C([2H])([2H])[2H])C1([2H])[2H]. The Morgan fingerprint density at radius 3 is 2.83 bits per heavy atom. The molecule has 2 heterocycles. The first-order chi connectivity index (χ1) is 22.8. The van der Waals surface area contributed by atoms with Crippen LogP contribution in [0, 0.1) is 17.7 Å². The van der Waals surface area contributed by atoms with E-state index in [-0.39, 0.29) is 11.3 Å². The Balaban J connectivity index is 2.60. The van der Waals surface area contributed by atoms with Gasteiger partial charge in [0.1, 0.15) is 12.1 Å². The van der Waals surface area contributed by atoms with Gasteiger partial charge in [0.25, 0.3) is 0 Å². The van der Waals surface area contributed by atoms with Crippen molar-refractivity contribution < 1.29 is 49.2 Å². The summed E-state index contributed by atoms with van der Waals surface area (Å²) in [6, 6.07) is -8.09. The molecule has 6 nitrogen and oxygen atoms in total. The molecule has 3 rings (SSSR count). The standard InChI is InChI=1S/C24H38N2O4/c1-14(2)9-17-13-26-8-7-16-10-21(28-5)22(29-6)11-18(16)19(26)12-20(17)30-24(27)23(25)15(3)4/h10-11,14-15,17,19-20,23H,7-9,12-13,25H2,1-6H3/t17?,19?,20?,23-/m0/s1/i1D3,3D3,4D3,9D2,10D,11D,12D2,13D2,14D,15D,17D,20D,23D/t14?,17?,19?,20?,23-. The van der Waals surface area contributed by atoms with E-state index in [4.69, 9.17) is 41.9 Å². The molecule has 1 aromatic carbocycles. The lowest BCUT2D eigenvalue weighted by Gasteiger charge is -2.47. The van der Waals surface area contributed by atoms with Crippen LogP contribution in [-0.2, 0) is 16.0 Å². The van der Waals surface area contributed by atoms with Gasteiger partial charge in [-0.2, -0.15) is 0 Å². The number of hydrogen-bond donors (Lipinski definition) is 1. The molecule has 30 heavy (non-hydrogen) atoms.